The van der Waals surface area contributed by atoms with Crippen molar-refractivity contribution in [3.63, 3.8) is 0 Å². The lowest BCUT2D eigenvalue weighted by atomic mass is 9.98. The van der Waals surface area contributed by atoms with Gasteiger partial charge in [-0.1, -0.05) is 78.9 Å². The fourth-order valence-electron chi connectivity index (χ4n) is 4.09. The highest BCUT2D eigenvalue weighted by atomic mass is 16.6. The fraction of sp³-hybridized carbons (Fsp3) is 0.200. The third kappa shape index (κ3) is 3.79. The average molecular weight is 401 g/mol. The summed E-state index contributed by atoms with van der Waals surface area (Å²) in [6.07, 6.45) is -0.629. The van der Waals surface area contributed by atoms with E-state index in [1.807, 2.05) is 54.6 Å². The van der Waals surface area contributed by atoms with Gasteiger partial charge in [-0.05, 0) is 34.7 Å². The number of ether oxygens (including phenoxy) is 1. The SMILES string of the molecule is CC(c1ccccc1)N(CC(=O)O)C(=O)OCC1c2ccccc2-c2ccccc21. The number of carboxylic acids is 1. The van der Waals surface area contributed by atoms with Crippen LogP contribution in [0.2, 0.25) is 0 Å². The third-order valence-electron chi connectivity index (χ3n) is 5.63. The summed E-state index contributed by atoms with van der Waals surface area (Å²) in [4.78, 5) is 25.6. The fourth-order valence-corrected chi connectivity index (χ4v) is 4.09. The maximum Gasteiger partial charge on any atom is 0.410 e. The van der Waals surface area contributed by atoms with Crippen LogP contribution in [0.4, 0.5) is 4.79 Å². The van der Waals surface area contributed by atoms with E-state index in [0.717, 1.165) is 27.8 Å². The molecule has 1 atom stereocenters. The normalized spacial score (nSPS) is 13.2. The molecule has 0 spiro atoms. The lowest BCUT2D eigenvalue weighted by Crippen LogP contribution is -2.38. The van der Waals surface area contributed by atoms with Gasteiger partial charge in [0.2, 0.25) is 0 Å². The predicted octanol–water partition coefficient (Wildman–Crippen LogP) is 5.08. The van der Waals surface area contributed by atoms with Gasteiger partial charge in [-0.2, -0.15) is 0 Å². The number of benzene rings is 3. The number of hydrogen-bond acceptors (Lipinski definition) is 3. The first-order chi connectivity index (χ1) is 14.6. The zero-order chi connectivity index (χ0) is 21.1. The maximum absolute atomic E-state index is 12.9. The molecule has 0 heterocycles. The lowest BCUT2D eigenvalue weighted by Gasteiger charge is -2.28. The smallest absolute Gasteiger partial charge is 0.410 e. The molecule has 0 aromatic heterocycles. The molecule has 1 amide bonds. The Hall–Kier alpha value is -3.60. The van der Waals surface area contributed by atoms with Crippen LogP contribution in [-0.4, -0.2) is 35.2 Å². The molecule has 0 saturated heterocycles. The number of carbonyl (C=O) groups is 2. The van der Waals surface area contributed by atoms with Crippen molar-refractivity contribution in [1.82, 2.24) is 4.90 Å². The van der Waals surface area contributed by atoms with Gasteiger partial charge in [0.25, 0.3) is 0 Å². The van der Waals surface area contributed by atoms with E-state index in [9.17, 15) is 14.7 Å². The number of hydrogen-bond donors (Lipinski definition) is 1. The zero-order valence-corrected chi connectivity index (χ0v) is 16.7. The summed E-state index contributed by atoms with van der Waals surface area (Å²) in [6.45, 7) is 1.54. The molecular formula is C25H23NO4. The number of amides is 1. The zero-order valence-electron chi connectivity index (χ0n) is 16.7. The van der Waals surface area contributed by atoms with Gasteiger partial charge in [-0.25, -0.2) is 4.79 Å². The van der Waals surface area contributed by atoms with Gasteiger partial charge in [0.15, 0.2) is 0 Å². The Balaban J connectivity index is 1.54. The topological polar surface area (TPSA) is 66.8 Å². The van der Waals surface area contributed by atoms with E-state index in [1.165, 1.54) is 4.90 Å². The quantitative estimate of drug-likeness (QED) is 0.625. The highest BCUT2D eigenvalue weighted by molar-refractivity contribution is 5.80. The highest BCUT2D eigenvalue weighted by Gasteiger charge is 2.31. The van der Waals surface area contributed by atoms with Crippen LogP contribution < -0.4 is 0 Å². The second-order valence-electron chi connectivity index (χ2n) is 7.41. The molecule has 5 nitrogen and oxygen atoms in total. The number of aliphatic carboxylic acids is 1. The molecule has 0 saturated carbocycles. The average Bonchev–Trinajstić information content (AvgIpc) is 3.09. The third-order valence-corrected chi connectivity index (χ3v) is 5.63. The second kappa shape index (κ2) is 8.41. The van der Waals surface area contributed by atoms with Crippen molar-refractivity contribution in [2.75, 3.05) is 13.2 Å². The van der Waals surface area contributed by atoms with Crippen LogP contribution in [0.1, 0.15) is 35.6 Å². The van der Waals surface area contributed by atoms with Gasteiger partial charge >= 0.3 is 12.1 Å². The Bertz CT molecular complexity index is 1020. The molecule has 1 aliphatic carbocycles. The van der Waals surface area contributed by atoms with E-state index >= 15 is 0 Å². The van der Waals surface area contributed by atoms with Crippen LogP contribution in [-0.2, 0) is 9.53 Å². The minimum atomic E-state index is -1.08. The van der Waals surface area contributed by atoms with Crippen molar-refractivity contribution in [3.05, 3.63) is 95.6 Å². The Morgan fingerprint density at radius 2 is 1.43 bits per heavy atom. The van der Waals surface area contributed by atoms with Crippen LogP contribution in [0.25, 0.3) is 11.1 Å². The highest BCUT2D eigenvalue weighted by Crippen LogP contribution is 2.44. The number of fused-ring (bicyclic) bond motifs is 3. The summed E-state index contributed by atoms with van der Waals surface area (Å²) in [5.74, 6) is -1.15. The van der Waals surface area contributed by atoms with Crippen molar-refractivity contribution in [2.24, 2.45) is 0 Å². The molecular weight excluding hydrogens is 378 g/mol. The van der Waals surface area contributed by atoms with E-state index in [-0.39, 0.29) is 12.5 Å². The molecule has 1 aliphatic rings. The number of rotatable bonds is 6. The minimum absolute atomic E-state index is 0.0694. The predicted molar refractivity (Wildman–Crippen MR) is 114 cm³/mol. The monoisotopic (exact) mass is 401 g/mol. The summed E-state index contributed by atoms with van der Waals surface area (Å²) < 4.78 is 5.67. The molecule has 0 bridgehead atoms. The Morgan fingerprint density at radius 1 is 0.900 bits per heavy atom. The van der Waals surface area contributed by atoms with E-state index in [0.29, 0.717) is 0 Å². The van der Waals surface area contributed by atoms with Gasteiger partial charge < -0.3 is 9.84 Å². The van der Waals surface area contributed by atoms with Gasteiger partial charge in [0.1, 0.15) is 13.2 Å². The molecule has 5 heteroatoms. The summed E-state index contributed by atoms with van der Waals surface area (Å²) in [6, 6.07) is 25.1. The standard InChI is InChI=1S/C25H23NO4/c1-17(18-9-3-2-4-10-18)26(15-24(27)28)25(29)30-16-23-21-13-7-5-11-19(21)20-12-6-8-14-22(20)23/h2-14,17,23H,15-16H2,1H3,(H,27,28). The molecule has 152 valence electrons. The van der Waals surface area contributed by atoms with Crippen LogP contribution in [0.3, 0.4) is 0 Å². The first-order valence-electron chi connectivity index (χ1n) is 9.94. The number of carbonyl (C=O) groups excluding carboxylic acids is 1. The molecule has 0 aliphatic heterocycles. The lowest BCUT2D eigenvalue weighted by molar-refractivity contribution is -0.138. The van der Waals surface area contributed by atoms with Crippen LogP contribution >= 0.6 is 0 Å². The number of nitrogens with zero attached hydrogens (tertiary/aromatic N) is 1. The van der Waals surface area contributed by atoms with Gasteiger partial charge in [0.05, 0.1) is 6.04 Å². The molecule has 1 unspecified atom stereocenters. The second-order valence-corrected chi connectivity index (χ2v) is 7.41. The molecule has 30 heavy (non-hydrogen) atoms. The van der Waals surface area contributed by atoms with Crippen LogP contribution in [0.15, 0.2) is 78.9 Å². The summed E-state index contributed by atoms with van der Waals surface area (Å²) >= 11 is 0. The Kier molecular flexibility index (Phi) is 5.53. The molecule has 1 N–H and O–H groups in total. The van der Waals surface area contributed by atoms with E-state index < -0.39 is 24.6 Å². The first-order valence-corrected chi connectivity index (χ1v) is 9.94. The van der Waals surface area contributed by atoms with Crippen LogP contribution in [0.5, 0.6) is 0 Å². The Morgan fingerprint density at radius 3 is 2.00 bits per heavy atom. The minimum Gasteiger partial charge on any atom is -0.480 e. The maximum atomic E-state index is 12.9. The van der Waals surface area contributed by atoms with Crippen molar-refractivity contribution >= 4 is 12.1 Å². The molecule has 4 rings (SSSR count). The molecule has 3 aromatic carbocycles. The van der Waals surface area contributed by atoms with Gasteiger partial charge in [-0.15, -0.1) is 0 Å². The Labute approximate surface area is 175 Å². The van der Waals surface area contributed by atoms with Crippen molar-refractivity contribution in [3.8, 4) is 11.1 Å². The van der Waals surface area contributed by atoms with Gasteiger partial charge in [0, 0.05) is 5.92 Å². The largest absolute Gasteiger partial charge is 0.480 e. The summed E-state index contributed by atoms with van der Waals surface area (Å²) in [5.41, 5.74) is 5.38. The van der Waals surface area contributed by atoms with E-state index in [1.54, 1.807) is 6.92 Å². The van der Waals surface area contributed by atoms with Crippen molar-refractivity contribution < 1.29 is 19.4 Å². The molecule has 0 radical (unpaired) electrons. The summed E-state index contributed by atoms with van der Waals surface area (Å²) in [5, 5.41) is 9.32. The molecule has 3 aromatic rings. The van der Waals surface area contributed by atoms with E-state index in [4.69, 9.17) is 4.74 Å². The number of carboxylic acid groups (broad SMARTS) is 1. The molecule has 0 fully saturated rings. The first kappa shape index (κ1) is 19.7. The van der Waals surface area contributed by atoms with Crippen molar-refractivity contribution in [1.29, 1.82) is 0 Å². The van der Waals surface area contributed by atoms with Gasteiger partial charge in [-0.3, -0.25) is 9.69 Å². The van der Waals surface area contributed by atoms with Crippen molar-refractivity contribution in [2.45, 2.75) is 18.9 Å². The summed E-state index contributed by atoms with van der Waals surface area (Å²) in [7, 11) is 0. The van der Waals surface area contributed by atoms with E-state index in [2.05, 4.69) is 24.3 Å². The van der Waals surface area contributed by atoms with Crippen LogP contribution in [0, 0.1) is 0 Å².